The molecule has 1 aliphatic rings. The van der Waals surface area contributed by atoms with Gasteiger partial charge in [-0.25, -0.2) is 9.78 Å². The van der Waals surface area contributed by atoms with Crippen LogP contribution in [0, 0.1) is 0 Å². The molecular formula is C18H16N4O3. The molecule has 4 rings (SSSR count). The highest BCUT2D eigenvalue weighted by molar-refractivity contribution is 5.89. The number of H-pyrrole nitrogens is 1. The first-order valence-corrected chi connectivity index (χ1v) is 7.82. The fourth-order valence-electron chi connectivity index (χ4n) is 2.53. The van der Waals surface area contributed by atoms with Crippen LogP contribution in [0.15, 0.2) is 54.7 Å². The molecule has 0 unspecified atom stereocenters. The molecule has 0 fully saturated rings. The molecule has 0 bridgehead atoms. The van der Waals surface area contributed by atoms with E-state index in [1.165, 1.54) is 0 Å². The molecule has 0 spiro atoms. The lowest BCUT2D eigenvalue weighted by atomic mass is 10.2. The van der Waals surface area contributed by atoms with Crippen LogP contribution in [0.3, 0.4) is 0 Å². The molecule has 0 atom stereocenters. The molecule has 7 nitrogen and oxygen atoms in total. The van der Waals surface area contributed by atoms with Gasteiger partial charge in [0.15, 0.2) is 11.5 Å². The smallest absolute Gasteiger partial charge is 0.319 e. The van der Waals surface area contributed by atoms with E-state index in [1.807, 2.05) is 30.3 Å². The zero-order valence-corrected chi connectivity index (χ0v) is 13.3. The zero-order valence-electron chi connectivity index (χ0n) is 13.3. The topological polar surface area (TPSA) is 88.3 Å². The van der Waals surface area contributed by atoms with Gasteiger partial charge in [-0.1, -0.05) is 30.3 Å². The first kappa shape index (κ1) is 15.1. The third-order valence-electron chi connectivity index (χ3n) is 3.76. The Bertz CT molecular complexity index is 892. The molecule has 1 aliphatic heterocycles. The lowest BCUT2D eigenvalue weighted by molar-refractivity contribution is 0.174. The second-order valence-corrected chi connectivity index (χ2v) is 5.49. The van der Waals surface area contributed by atoms with Crippen LogP contribution < -0.4 is 20.1 Å². The maximum Gasteiger partial charge on any atom is 0.319 e. The average molecular weight is 336 g/mol. The molecule has 2 aromatic carbocycles. The highest BCUT2D eigenvalue weighted by Gasteiger charge is 2.14. The number of nitrogens with zero attached hydrogens (tertiary/aromatic N) is 1. The van der Waals surface area contributed by atoms with E-state index in [0.717, 1.165) is 11.3 Å². The summed E-state index contributed by atoms with van der Waals surface area (Å²) in [6, 6.07) is 14.8. The van der Waals surface area contributed by atoms with Gasteiger partial charge in [-0.2, -0.15) is 0 Å². The van der Waals surface area contributed by atoms with E-state index in [1.54, 1.807) is 24.4 Å². The van der Waals surface area contributed by atoms with Crippen LogP contribution in [-0.4, -0.2) is 22.8 Å². The maximum atomic E-state index is 12.0. The van der Waals surface area contributed by atoms with Crippen molar-refractivity contribution in [3.63, 3.8) is 0 Å². The molecule has 0 saturated heterocycles. The van der Waals surface area contributed by atoms with E-state index in [4.69, 9.17) is 9.47 Å². The Kier molecular flexibility index (Phi) is 3.96. The summed E-state index contributed by atoms with van der Waals surface area (Å²) in [6.45, 7) is 0.496. The minimum atomic E-state index is -0.323. The summed E-state index contributed by atoms with van der Waals surface area (Å²) in [5, 5.41) is 5.52. The second kappa shape index (κ2) is 6.56. The highest BCUT2D eigenvalue weighted by atomic mass is 16.7. The van der Waals surface area contributed by atoms with Gasteiger partial charge in [0, 0.05) is 11.8 Å². The average Bonchev–Trinajstić information content (AvgIpc) is 3.30. The summed E-state index contributed by atoms with van der Waals surface area (Å²) in [6.07, 6.45) is 1.75. The Morgan fingerprint density at radius 2 is 1.96 bits per heavy atom. The maximum absolute atomic E-state index is 12.0. The molecular weight excluding hydrogens is 320 g/mol. The van der Waals surface area contributed by atoms with E-state index in [-0.39, 0.29) is 12.8 Å². The van der Waals surface area contributed by atoms with Crippen LogP contribution in [0.1, 0.15) is 5.82 Å². The van der Waals surface area contributed by atoms with Crippen LogP contribution in [0.2, 0.25) is 0 Å². The molecule has 2 heterocycles. The SMILES string of the molecule is O=C(NCc1ncc(-c2ccccc2)[nH]1)Nc1ccc2c(c1)OCO2. The molecule has 3 aromatic rings. The second-order valence-electron chi connectivity index (χ2n) is 5.49. The van der Waals surface area contributed by atoms with E-state index >= 15 is 0 Å². The predicted molar refractivity (Wildman–Crippen MR) is 92.4 cm³/mol. The summed E-state index contributed by atoms with van der Waals surface area (Å²) in [5.74, 6) is 1.98. The van der Waals surface area contributed by atoms with Crippen molar-refractivity contribution in [1.82, 2.24) is 15.3 Å². The number of amides is 2. The molecule has 1 aromatic heterocycles. The minimum Gasteiger partial charge on any atom is -0.454 e. The van der Waals surface area contributed by atoms with Crippen LogP contribution >= 0.6 is 0 Å². The van der Waals surface area contributed by atoms with Crippen LogP contribution in [0.25, 0.3) is 11.3 Å². The van der Waals surface area contributed by atoms with Crippen molar-refractivity contribution in [2.24, 2.45) is 0 Å². The summed E-state index contributed by atoms with van der Waals surface area (Å²) in [5.41, 5.74) is 2.59. The number of carbonyl (C=O) groups is 1. The Balaban J connectivity index is 1.34. The fourth-order valence-corrected chi connectivity index (χ4v) is 2.53. The molecule has 7 heteroatoms. The van der Waals surface area contributed by atoms with Crippen molar-refractivity contribution in [2.75, 3.05) is 12.1 Å². The minimum absolute atomic E-state index is 0.202. The normalized spacial score (nSPS) is 12.0. The van der Waals surface area contributed by atoms with E-state index in [2.05, 4.69) is 20.6 Å². The summed E-state index contributed by atoms with van der Waals surface area (Å²) in [4.78, 5) is 19.5. The van der Waals surface area contributed by atoms with Crippen LogP contribution in [0.5, 0.6) is 11.5 Å². The predicted octanol–water partition coefficient (Wildman–Crippen LogP) is 3.13. The molecule has 126 valence electrons. The standard InChI is InChI=1S/C18H16N4O3/c23-18(21-13-6-7-15-16(8-13)25-11-24-15)20-10-17-19-9-14(22-17)12-4-2-1-3-5-12/h1-9H,10-11H2,(H,19,22)(H2,20,21,23). The van der Waals surface area contributed by atoms with Gasteiger partial charge in [-0.05, 0) is 17.7 Å². The van der Waals surface area contributed by atoms with E-state index in [9.17, 15) is 4.79 Å². The van der Waals surface area contributed by atoms with Gasteiger partial charge in [0.25, 0.3) is 0 Å². The van der Waals surface area contributed by atoms with Gasteiger partial charge in [0.1, 0.15) is 5.82 Å². The first-order valence-electron chi connectivity index (χ1n) is 7.82. The van der Waals surface area contributed by atoms with Crippen LogP contribution in [-0.2, 0) is 6.54 Å². The molecule has 3 N–H and O–H groups in total. The Morgan fingerprint density at radius 3 is 2.84 bits per heavy atom. The Labute approximate surface area is 144 Å². The Hall–Kier alpha value is -3.48. The summed E-state index contributed by atoms with van der Waals surface area (Å²) < 4.78 is 10.5. The van der Waals surface area contributed by atoms with Gasteiger partial charge >= 0.3 is 6.03 Å². The number of ether oxygens (including phenoxy) is 2. The number of rotatable bonds is 4. The number of imidazole rings is 1. The van der Waals surface area contributed by atoms with Crippen LogP contribution in [0.4, 0.5) is 10.5 Å². The van der Waals surface area contributed by atoms with Crippen molar-refractivity contribution < 1.29 is 14.3 Å². The van der Waals surface area contributed by atoms with Gasteiger partial charge < -0.3 is 25.1 Å². The number of anilines is 1. The number of carbonyl (C=O) groups excluding carboxylic acids is 1. The number of hydrogen-bond donors (Lipinski definition) is 3. The monoisotopic (exact) mass is 336 g/mol. The third kappa shape index (κ3) is 3.40. The first-order chi connectivity index (χ1) is 12.3. The third-order valence-corrected chi connectivity index (χ3v) is 3.76. The summed E-state index contributed by atoms with van der Waals surface area (Å²) in [7, 11) is 0. The van der Waals surface area contributed by atoms with Gasteiger partial charge in [0.05, 0.1) is 18.4 Å². The van der Waals surface area contributed by atoms with Crippen molar-refractivity contribution in [3.8, 4) is 22.8 Å². The van der Waals surface area contributed by atoms with Crippen molar-refractivity contribution >= 4 is 11.7 Å². The van der Waals surface area contributed by atoms with Crippen molar-refractivity contribution in [3.05, 3.63) is 60.6 Å². The molecule has 0 aliphatic carbocycles. The summed E-state index contributed by atoms with van der Waals surface area (Å²) >= 11 is 0. The Morgan fingerprint density at radius 1 is 1.12 bits per heavy atom. The lowest BCUT2D eigenvalue weighted by Crippen LogP contribution is -2.28. The number of aromatic nitrogens is 2. The molecule has 0 radical (unpaired) electrons. The largest absolute Gasteiger partial charge is 0.454 e. The van der Waals surface area contributed by atoms with Crippen molar-refractivity contribution in [2.45, 2.75) is 6.54 Å². The lowest BCUT2D eigenvalue weighted by Gasteiger charge is -2.07. The number of nitrogens with one attached hydrogen (secondary N) is 3. The quantitative estimate of drug-likeness (QED) is 0.683. The van der Waals surface area contributed by atoms with Crippen molar-refractivity contribution in [1.29, 1.82) is 0 Å². The zero-order chi connectivity index (χ0) is 17.1. The molecule has 0 saturated carbocycles. The number of fused-ring (bicyclic) bond motifs is 1. The number of hydrogen-bond acceptors (Lipinski definition) is 4. The fraction of sp³-hybridized carbons (Fsp3) is 0.111. The highest BCUT2D eigenvalue weighted by Crippen LogP contribution is 2.34. The number of benzene rings is 2. The van der Waals surface area contributed by atoms with E-state index in [0.29, 0.717) is 29.6 Å². The van der Waals surface area contributed by atoms with Gasteiger partial charge in [-0.3, -0.25) is 0 Å². The molecule has 25 heavy (non-hydrogen) atoms. The van der Waals surface area contributed by atoms with Gasteiger partial charge in [0.2, 0.25) is 6.79 Å². The number of aromatic amines is 1. The molecule has 2 amide bonds. The van der Waals surface area contributed by atoms with Gasteiger partial charge in [-0.15, -0.1) is 0 Å². The van der Waals surface area contributed by atoms with E-state index < -0.39 is 0 Å². The number of urea groups is 1.